The number of benzene rings is 2. The van der Waals surface area contributed by atoms with Crippen LogP contribution in [-0.2, 0) is 25.6 Å². The molecule has 8 nitrogen and oxygen atoms in total. The molecule has 4 atom stereocenters. The monoisotopic (exact) mass is 496 g/mol. The van der Waals surface area contributed by atoms with Crippen molar-refractivity contribution in [2.45, 2.75) is 50.4 Å². The average molecular weight is 497 g/mol. The maximum absolute atomic E-state index is 11.8. The van der Waals surface area contributed by atoms with Gasteiger partial charge in [0, 0.05) is 37.4 Å². The standard InChI is InChI=1S/C28H36N2O6/c1-3-15-34-28(32)29-23-12-10-22(11-13-23)27-35-25(17-30-14-4-5-24(30)19-33-2)16-26(36-27)21-8-6-20(18-31)7-9-21/h3,6-13,24-27,31H,1,4-5,14-19H2,2H3,(H,29,32)/t24-,25+,26-,27-/m0/s1. The summed E-state index contributed by atoms with van der Waals surface area (Å²) in [5.41, 5.74) is 3.42. The fourth-order valence-electron chi connectivity index (χ4n) is 4.82. The van der Waals surface area contributed by atoms with Gasteiger partial charge in [0.2, 0.25) is 0 Å². The predicted molar refractivity (Wildman–Crippen MR) is 137 cm³/mol. The van der Waals surface area contributed by atoms with Gasteiger partial charge in [0.15, 0.2) is 6.29 Å². The molecule has 4 rings (SSSR count). The summed E-state index contributed by atoms with van der Waals surface area (Å²) in [6, 6.07) is 15.7. The van der Waals surface area contributed by atoms with Gasteiger partial charge in [-0.3, -0.25) is 10.2 Å². The van der Waals surface area contributed by atoms with Gasteiger partial charge >= 0.3 is 6.09 Å². The molecule has 0 aromatic heterocycles. The first-order valence-electron chi connectivity index (χ1n) is 12.5. The van der Waals surface area contributed by atoms with Crippen LogP contribution in [0.2, 0.25) is 0 Å². The van der Waals surface area contributed by atoms with Gasteiger partial charge in [0.05, 0.1) is 25.4 Å². The minimum Gasteiger partial charge on any atom is -0.445 e. The predicted octanol–water partition coefficient (Wildman–Crippen LogP) is 4.57. The van der Waals surface area contributed by atoms with Crippen molar-refractivity contribution in [3.63, 3.8) is 0 Å². The lowest BCUT2D eigenvalue weighted by atomic mass is 9.99. The van der Waals surface area contributed by atoms with Crippen molar-refractivity contribution in [2.24, 2.45) is 0 Å². The second kappa shape index (κ2) is 13.0. The van der Waals surface area contributed by atoms with Gasteiger partial charge in [-0.05, 0) is 42.6 Å². The summed E-state index contributed by atoms with van der Waals surface area (Å²) in [7, 11) is 1.75. The smallest absolute Gasteiger partial charge is 0.411 e. The number of hydrogen-bond acceptors (Lipinski definition) is 7. The Hall–Kier alpha value is -2.75. The quantitative estimate of drug-likeness (QED) is 0.466. The van der Waals surface area contributed by atoms with Crippen LogP contribution in [0.5, 0.6) is 0 Å². The van der Waals surface area contributed by atoms with E-state index in [0.717, 1.165) is 55.6 Å². The van der Waals surface area contributed by atoms with Crippen LogP contribution >= 0.6 is 0 Å². The molecule has 2 aromatic carbocycles. The second-order valence-corrected chi connectivity index (χ2v) is 9.23. The molecule has 194 valence electrons. The van der Waals surface area contributed by atoms with Crippen LogP contribution in [0.4, 0.5) is 10.5 Å². The topological polar surface area (TPSA) is 89.5 Å². The van der Waals surface area contributed by atoms with Crippen molar-refractivity contribution in [3.05, 3.63) is 77.9 Å². The highest BCUT2D eigenvalue weighted by molar-refractivity contribution is 5.84. The van der Waals surface area contributed by atoms with E-state index in [2.05, 4.69) is 16.8 Å². The van der Waals surface area contributed by atoms with Gasteiger partial charge in [-0.25, -0.2) is 4.79 Å². The van der Waals surface area contributed by atoms with Crippen LogP contribution in [0.25, 0.3) is 0 Å². The molecule has 2 aromatic rings. The van der Waals surface area contributed by atoms with Gasteiger partial charge in [-0.2, -0.15) is 0 Å². The number of carbonyl (C=O) groups is 1. The number of anilines is 1. The molecule has 36 heavy (non-hydrogen) atoms. The normalized spacial score (nSPS) is 24.4. The zero-order chi connectivity index (χ0) is 25.3. The molecule has 0 radical (unpaired) electrons. The van der Waals surface area contributed by atoms with Crippen LogP contribution in [-0.4, -0.2) is 61.7 Å². The summed E-state index contributed by atoms with van der Waals surface area (Å²) >= 11 is 0. The Morgan fingerprint density at radius 3 is 2.61 bits per heavy atom. The van der Waals surface area contributed by atoms with Crippen LogP contribution in [0.3, 0.4) is 0 Å². The lowest BCUT2D eigenvalue weighted by Gasteiger charge is -2.38. The molecule has 2 fully saturated rings. The Balaban J connectivity index is 1.49. The number of ether oxygens (including phenoxy) is 4. The third-order valence-corrected chi connectivity index (χ3v) is 6.67. The molecular weight excluding hydrogens is 460 g/mol. The summed E-state index contributed by atoms with van der Waals surface area (Å²) in [4.78, 5) is 14.3. The third-order valence-electron chi connectivity index (χ3n) is 6.67. The number of likely N-dealkylation sites (tertiary alicyclic amines) is 1. The zero-order valence-electron chi connectivity index (χ0n) is 20.8. The third kappa shape index (κ3) is 6.93. The van der Waals surface area contributed by atoms with E-state index < -0.39 is 12.4 Å². The summed E-state index contributed by atoms with van der Waals surface area (Å²) in [6.07, 6.45) is 3.32. The molecular formula is C28H36N2O6. The van der Waals surface area contributed by atoms with E-state index in [9.17, 15) is 9.90 Å². The molecule has 2 saturated heterocycles. The first kappa shape index (κ1) is 26.3. The van der Waals surface area contributed by atoms with E-state index in [1.165, 1.54) is 6.08 Å². The Bertz CT molecular complexity index is 981. The molecule has 0 spiro atoms. The summed E-state index contributed by atoms with van der Waals surface area (Å²) in [6.45, 7) is 6.28. The highest BCUT2D eigenvalue weighted by atomic mass is 16.7. The van der Waals surface area contributed by atoms with Crippen molar-refractivity contribution in [1.82, 2.24) is 4.90 Å². The maximum atomic E-state index is 11.8. The largest absolute Gasteiger partial charge is 0.445 e. The number of nitrogens with zero attached hydrogens (tertiary/aromatic N) is 1. The molecule has 0 aliphatic carbocycles. The summed E-state index contributed by atoms with van der Waals surface area (Å²) in [5.74, 6) is 0. The van der Waals surface area contributed by atoms with Gasteiger partial charge in [-0.15, -0.1) is 0 Å². The molecule has 0 bridgehead atoms. The zero-order valence-corrected chi connectivity index (χ0v) is 20.8. The van der Waals surface area contributed by atoms with E-state index in [1.54, 1.807) is 19.2 Å². The van der Waals surface area contributed by atoms with Gasteiger partial charge in [-0.1, -0.05) is 49.1 Å². The molecule has 0 unspecified atom stereocenters. The van der Waals surface area contributed by atoms with Crippen molar-refractivity contribution < 1.29 is 28.8 Å². The minimum atomic E-state index is -0.545. The van der Waals surface area contributed by atoms with Crippen molar-refractivity contribution in [2.75, 3.05) is 38.7 Å². The van der Waals surface area contributed by atoms with Crippen LogP contribution in [0, 0.1) is 0 Å². The number of methoxy groups -OCH3 is 1. The van der Waals surface area contributed by atoms with Crippen LogP contribution in [0.15, 0.2) is 61.2 Å². The number of amides is 1. The van der Waals surface area contributed by atoms with Crippen LogP contribution in [0.1, 0.15) is 48.3 Å². The molecule has 1 amide bonds. The Labute approximate surface area is 212 Å². The Morgan fingerprint density at radius 2 is 1.92 bits per heavy atom. The molecule has 8 heteroatoms. The highest BCUT2D eigenvalue weighted by Gasteiger charge is 2.35. The first-order chi connectivity index (χ1) is 17.6. The SMILES string of the molecule is C=CCOC(=O)Nc1ccc([C@H]2O[C@@H](CN3CCC[C@H]3COC)C[C@@H](c3ccc(CO)cc3)O2)cc1. The maximum Gasteiger partial charge on any atom is 0.411 e. The van der Waals surface area contributed by atoms with E-state index in [1.807, 2.05) is 36.4 Å². The molecule has 2 heterocycles. The van der Waals surface area contributed by atoms with E-state index in [-0.39, 0.29) is 25.4 Å². The van der Waals surface area contributed by atoms with Gasteiger partial charge in [0.1, 0.15) is 6.61 Å². The fourth-order valence-corrected chi connectivity index (χ4v) is 4.82. The van der Waals surface area contributed by atoms with Crippen molar-refractivity contribution in [1.29, 1.82) is 0 Å². The van der Waals surface area contributed by atoms with E-state index in [4.69, 9.17) is 18.9 Å². The number of carbonyl (C=O) groups excluding carboxylic acids is 1. The second-order valence-electron chi connectivity index (χ2n) is 9.23. The average Bonchev–Trinajstić information content (AvgIpc) is 3.34. The van der Waals surface area contributed by atoms with Crippen molar-refractivity contribution >= 4 is 11.8 Å². The van der Waals surface area contributed by atoms with Gasteiger partial charge < -0.3 is 24.1 Å². The van der Waals surface area contributed by atoms with Crippen LogP contribution < -0.4 is 5.32 Å². The minimum absolute atomic E-state index is 0.0114. The number of hydrogen-bond donors (Lipinski definition) is 2. The number of nitrogens with one attached hydrogen (secondary N) is 1. The number of aliphatic hydroxyl groups excluding tert-OH is 1. The van der Waals surface area contributed by atoms with E-state index in [0.29, 0.717) is 11.7 Å². The molecule has 2 aliphatic rings. The van der Waals surface area contributed by atoms with Crippen molar-refractivity contribution in [3.8, 4) is 0 Å². The highest BCUT2D eigenvalue weighted by Crippen LogP contribution is 2.39. The van der Waals surface area contributed by atoms with Gasteiger partial charge in [0.25, 0.3) is 0 Å². The summed E-state index contributed by atoms with van der Waals surface area (Å²) in [5, 5.41) is 12.1. The molecule has 2 N–H and O–H groups in total. The fraction of sp³-hybridized carbons (Fsp3) is 0.464. The lowest BCUT2D eigenvalue weighted by molar-refractivity contribution is -0.253. The molecule has 2 aliphatic heterocycles. The summed E-state index contributed by atoms with van der Waals surface area (Å²) < 4.78 is 23.3. The lowest BCUT2D eigenvalue weighted by Crippen LogP contribution is -2.42. The number of aliphatic hydroxyl groups is 1. The Morgan fingerprint density at radius 1 is 1.17 bits per heavy atom. The number of rotatable bonds is 10. The Kier molecular flexibility index (Phi) is 9.49. The molecule has 0 saturated carbocycles. The first-order valence-corrected chi connectivity index (χ1v) is 12.5. The van der Waals surface area contributed by atoms with E-state index >= 15 is 0 Å².